The molecule has 1 amide bonds. The van der Waals surface area contributed by atoms with E-state index in [0.29, 0.717) is 6.54 Å². The Hall–Kier alpha value is -0.920. The molecular weight excluding hydrogens is 260 g/mol. The van der Waals surface area contributed by atoms with Crippen molar-refractivity contribution in [3.05, 3.63) is 16.3 Å². The number of unbranched alkanes of at least 4 members (excludes halogenated alkanes) is 2. The van der Waals surface area contributed by atoms with Gasteiger partial charge in [-0.25, -0.2) is 13.6 Å². The molecule has 0 aliphatic carbocycles. The molecule has 96 valence electrons. The molecule has 0 aliphatic rings. The number of nitrogens with two attached hydrogens (primary N) is 1. The zero-order valence-corrected chi connectivity index (χ0v) is 11.2. The van der Waals surface area contributed by atoms with E-state index in [1.54, 1.807) is 5.38 Å². The van der Waals surface area contributed by atoms with Gasteiger partial charge in [0.15, 0.2) is 0 Å². The second kappa shape index (κ2) is 6.13. The highest BCUT2D eigenvalue weighted by molar-refractivity contribution is 7.89. The van der Waals surface area contributed by atoms with Crippen LogP contribution in [0.2, 0.25) is 0 Å². The van der Waals surface area contributed by atoms with Crippen LogP contribution in [0.15, 0.2) is 16.3 Å². The first-order chi connectivity index (χ1) is 7.96. The number of sulfonamides is 1. The van der Waals surface area contributed by atoms with Gasteiger partial charge in [-0.3, -0.25) is 4.79 Å². The van der Waals surface area contributed by atoms with E-state index in [1.807, 2.05) is 0 Å². The molecular formula is C10H16N2O3S2. The second-order valence-corrected chi connectivity index (χ2v) is 6.07. The monoisotopic (exact) mass is 276 g/mol. The standard InChI is InChI=1S/C10H16N2O3S2/c1-2-3-4-6-12-10(13)9-8(5-7-16-9)17(11,14)15/h5,7H,2-4,6H2,1H3,(H,12,13)(H2,11,14,15). The van der Waals surface area contributed by atoms with Crippen molar-refractivity contribution in [2.24, 2.45) is 5.14 Å². The molecule has 0 spiro atoms. The third kappa shape index (κ3) is 4.10. The summed E-state index contributed by atoms with van der Waals surface area (Å²) >= 11 is 1.08. The second-order valence-electron chi connectivity index (χ2n) is 3.62. The van der Waals surface area contributed by atoms with Gasteiger partial charge in [0.25, 0.3) is 5.91 Å². The van der Waals surface area contributed by atoms with Crippen LogP contribution < -0.4 is 10.5 Å². The van der Waals surface area contributed by atoms with Crippen LogP contribution in [-0.4, -0.2) is 20.9 Å². The SMILES string of the molecule is CCCCCNC(=O)c1sccc1S(N)(=O)=O. The van der Waals surface area contributed by atoms with Crippen molar-refractivity contribution in [2.75, 3.05) is 6.54 Å². The molecule has 0 saturated carbocycles. The minimum absolute atomic E-state index is 0.101. The van der Waals surface area contributed by atoms with Gasteiger partial charge in [-0.15, -0.1) is 11.3 Å². The zero-order chi connectivity index (χ0) is 12.9. The van der Waals surface area contributed by atoms with E-state index in [9.17, 15) is 13.2 Å². The highest BCUT2D eigenvalue weighted by Gasteiger charge is 2.20. The van der Waals surface area contributed by atoms with Gasteiger partial charge >= 0.3 is 0 Å². The third-order valence-electron chi connectivity index (χ3n) is 2.21. The van der Waals surface area contributed by atoms with Crippen LogP contribution in [-0.2, 0) is 10.0 Å². The third-order valence-corrected chi connectivity index (χ3v) is 4.20. The lowest BCUT2D eigenvalue weighted by atomic mass is 10.2. The Morgan fingerprint density at radius 3 is 2.76 bits per heavy atom. The van der Waals surface area contributed by atoms with E-state index in [1.165, 1.54) is 6.07 Å². The Morgan fingerprint density at radius 2 is 2.18 bits per heavy atom. The van der Waals surface area contributed by atoms with Crippen LogP contribution in [0.25, 0.3) is 0 Å². The summed E-state index contributed by atoms with van der Waals surface area (Å²) in [7, 11) is -3.82. The number of amides is 1. The lowest BCUT2D eigenvalue weighted by molar-refractivity contribution is 0.0954. The smallest absolute Gasteiger partial charge is 0.262 e. The average molecular weight is 276 g/mol. The first-order valence-corrected chi connectivity index (χ1v) is 7.78. The Labute approximate surface area is 105 Å². The van der Waals surface area contributed by atoms with Crippen LogP contribution >= 0.6 is 11.3 Å². The highest BCUT2D eigenvalue weighted by atomic mass is 32.2. The molecule has 0 fully saturated rings. The number of hydrogen-bond acceptors (Lipinski definition) is 4. The maximum Gasteiger partial charge on any atom is 0.262 e. The van der Waals surface area contributed by atoms with Crippen molar-refractivity contribution in [1.82, 2.24) is 5.32 Å². The molecule has 1 aromatic heterocycles. The number of nitrogens with one attached hydrogen (secondary N) is 1. The fraction of sp³-hybridized carbons (Fsp3) is 0.500. The number of primary sulfonamides is 1. The molecule has 0 bridgehead atoms. The predicted octanol–water partition coefficient (Wildman–Crippen LogP) is 1.32. The van der Waals surface area contributed by atoms with Gasteiger partial charge in [0, 0.05) is 6.54 Å². The highest BCUT2D eigenvalue weighted by Crippen LogP contribution is 2.20. The average Bonchev–Trinajstić information content (AvgIpc) is 2.72. The molecule has 17 heavy (non-hydrogen) atoms. The maximum atomic E-state index is 11.7. The van der Waals surface area contributed by atoms with E-state index in [2.05, 4.69) is 12.2 Å². The summed E-state index contributed by atoms with van der Waals surface area (Å²) in [6, 6.07) is 1.35. The topological polar surface area (TPSA) is 89.3 Å². The first kappa shape index (κ1) is 14.1. The molecule has 1 rings (SSSR count). The van der Waals surface area contributed by atoms with E-state index in [0.717, 1.165) is 30.6 Å². The summed E-state index contributed by atoms with van der Waals surface area (Å²) in [5.74, 6) is -0.375. The number of hydrogen-bond donors (Lipinski definition) is 2. The van der Waals surface area contributed by atoms with Gasteiger partial charge < -0.3 is 5.32 Å². The first-order valence-electron chi connectivity index (χ1n) is 5.35. The van der Waals surface area contributed by atoms with Crippen molar-refractivity contribution < 1.29 is 13.2 Å². The van der Waals surface area contributed by atoms with Crippen LogP contribution in [0.4, 0.5) is 0 Å². The number of rotatable bonds is 6. The minimum atomic E-state index is -3.82. The fourth-order valence-electron chi connectivity index (χ4n) is 1.34. The lowest BCUT2D eigenvalue weighted by Crippen LogP contribution is -2.26. The van der Waals surface area contributed by atoms with Gasteiger partial charge in [-0.2, -0.15) is 0 Å². The van der Waals surface area contributed by atoms with Crippen molar-refractivity contribution in [2.45, 2.75) is 31.1 Å². The van der Waals surface area contributed by atoms with Crippen molar-refractivity contribution in [3.63, 3.8) is 0 Å². The van der Waals surface area contributed by atoms with Gasteiger partial charge in [0.2, 0.25) is 10.0 Å². The molecule has 0 saturated heterocycles. The summed E-state index contributed by atoms with van der Waals surface area (Å²) in [6.45, 7) is 2.62. The normalized spacial score (nSPS) is 11.4. The molecule has 0 unspecified atom stereocenters. The van der Waals surface area contributed by atoms with E-state index < -0.39 is 10.0 Å². The Morgan fingerprint density at radius 1 is 1.47 bits per heavy atom. The Bertz CT molecular complexity index is 479. The summed E-state index contributed by atoms with van der Waals surface area (Å²) in [5, 5.41) is 9.24. The molecule has 0 aliphatic heterocycles. The molecule has 1 heterocycles. The van der Waals surface area contributed by atoms with Crippen LogP contribution in [0.5, 0.6) is 0 Å². The van der Waals surface area contributed by atoms with Crippen molar-refractivity contribution in [1.29, 1.82) is 0 Å². The van der Waals surface area contributed by atoms with Gasteiger partial charge in [0.1, 0.15) is 9.77 Å². The van der Waals surface area contributed by atoms with Gasteiger partial charge in [-0.1, -0.05) is 19.8 Å². The number of thiophene rings is 1. The fourth-order valence-corrected chi connectivity index (χ4v) is 3.24. The minimum Gasteiger partial charge on any atom is -0.351 e. The van der Waals surface area contributed by atoms with Crippen molar-refractivity contribution >= 4 is 27.3 Å². The van der Waals surface area contributed by atoms with Gasteiger partial charge in [-0.05, 0) is 17.9 Å². The van der Waals surface area contributed by atoms with Gasteiger partial charge in [0.05, 0.1) is 0 Å². The maximum absolute atomic E-state index is 11.7. The van der Waals surface area contributed by atoms with E-state index in [4.69, 9.17) is 5.14 Å². The molecule has 0 aromatic carbocycles. The number of carbonyl (C=O) groups is 1. The largest absolute Gasteiger partial charge is 0.351 e. The summed E-state index contributed by atoms with van der Waals surface area (Å²) in [6.07, 6.45) is 2.99. The Kier molecular flexibility index (Phi) is 5.10. The number of carbonyl (C=O) groups excluding carboxylic acids is 1. The summed E-state index contributed by atoms with van der Waals surface area (Å²) in [5.41, 5.74) is 0. The predicted molar refractivity (Wildman–Crippen MR) is 67.6 cm³/mol. The quantitative estimate of drug-likeness (QED) is 0.768. The summed E-state index contributed by atoms with van der Waals surface area (Å²) in [4.78, 5) is 11.8. The molecule has 3 N–H and O–H groups in total. The van der Waals surface area contributed by atoms with Crippen molar-refractivity contribution in [3.8, 4) is 0 Å². The van der Waals surface area contributed by atoms with Crippen LogP contribution in [0.3, 0.4) is 0 Å². The zero-order valence-electron chi connectivity index (χ0n) is 9.60. The molecule has 0 atom stereocenters. The molecule has 5 nitrogen and oxygen atoms in total. The summed E-state index contributed by atoms with van der Waals surface area (Å²) < 4.78 is 22.4. The lowest BCUT2D eigenvalue weighted by Gasteiger charge is -2.04. The molecule has 0 radical (unpaired) electrons. The molecule has 1 aromatic rings. The van der Waals surface area contributed by atoms with E-state index >= 15 is 0 Å². The van der Waals surface area contributed by atoms with Crippen LogP contribution in [0, 0.1) is 0 Å². The van der Waals surface area contributed by atoms with Crippen LogP contribution in [0.1, 0.15) is 35.9 Å². The Balaban J connectivity index is 2.67. The molecule has 7 heteroatoms. The van der Waals surface area contributed by atoms with E-state index in [-0.39, 0.29) is 15.7 Å².